The summed E-state index contributed by atoms with van der Waals surface area (Å²) in [6, 6.07) is 3.62. The minimum atomic E-state index is 0.0255. The molecule has 1 aliphatic rings. The number of furan rings is 1. The Hall–Kier alpha value is -1.70. The molecule has 0 amide bonds. The molecule has 1 atom stereocenters. The summed E-state index contributed by atoms with van der Waals surface area (Å²) >= 11 is 0. The number of rotatable bonds is 5. The minimum Gasteiger partial charge on any atom is -0.461 e. The summed E-state index contributed by atoms with van der Waals surface area (Å²) in [4.78, 5) is 4.50. The maximum atomic E-state index is 9.13. The van der Waals surface area contributed by atoms with E-state index >= 15 is 0 Å². The largest absolute Gasteiger partial charge is 0.461 e. The number of ether oxygens (including phenoxy) is 1. The number of nitrogens with one attached hydrogen (secondary N) is 1. The fraction of sp³-hybridized carbons (Fsp3) is 0.538. The van der Waals surface area contributed by atoms with E-state index in [1.54, 1.807) is 17.0 Å². The lowest BCUT2D eigenvalue weighted by Crippen LogP contribution is -2.40. The molecule has 0 aliphatic carbocycles. The Bertz CT molecular complexity index is 532. The van der Waals surface area contributed by atoms with Crippen LogP contribution < -0.4 is 5.32 Å². The van der Waals surface area contributed by atoms with Crippen LogP contribution in [0.3, 0.4) is 0 Å². The Morgan fingerprint density at radius 1 is 1.50 bits per heavy atom. The molecular formula is C13H18N4O3. The first-order valence-corrected chi connectivity index (χ1v) is 6.77. The molecule has 1 fully saturated rings. The van der Waals surface area contributed by atoms with Gasteiger partial charge in [0.25, 0.3) is 0 Å². The monoisotopic (exact) mass is 278 g/mol. The number of nitrogens with zero attached hydrogens (tertiary/aromatic N) is 3. The van der Waals surface area contributed by atoms with Gasteiger partial charge in [0, 0.05) is 19.5 Å². The Morgan fingerprint density at radius 2 is 2.45 bits per heavy atom. The third-order valence-electron chi connectivity index (χ3n) is 3.22. The van der Waals surface area contributed by atoms with E-state index in [4.69, 9.17) is 14.3 Å². The van der Waals surface area contributed by atoms with Crippen molar-refractivity contribution in [1.82, 2.24) is 20.1 Å². The molecule has 20 heavy (non-hydrogen) atoms. The highest BCUT2D eigenvalue weighted by atomic mass is 16.5. The summed E-state index contributed by atoms with van der Waals surface area (Å²) in [5.41, 5.74) is 0. The summed E-state index contributed by atoms with van der Waals surface area (Å²) in [6.07, 6.45) is 2.35. The molecule has 0 bridgehead atoms. The smallest absolute Gasteiger partial charge is 0.217 e. The molecule has 7 nitrogen and oxygen atoms in total. The number of aliphatic hydroxyl groups is 1. The highest BCUT2D eigenvalue weighted by Gasteiger charge is 2.19. The molecule has 0 radical (unpaired) electrons. The van der Waals surface area contributed by atoms with Gasteiger partial charge in [0.1, 0.15) is 5.82 Å². The summed E-state index contributed by atoms with van der Waals surface area (Å²) in [6.45, 7) is 2.85. The van der Waals surface area contributed by atoms with E-state index in [1.807, 2.05) is 6.07 Å². The van der Waals surface area contributed by atoms with Gasteiger partial charge >= 0.3 is 0 Å². The first-order chi connectivity index (χ1) is 9.86. The number of hydrogen-bond acceptors (Lipinski definition) is 6. The summed E-state index contributed by atoms with van der Waals surface area (Å²) in [5.74, 6) is 1.98. The molecule has 0 aromatic carbocycles. The van der Waals surface area contributed by atoms with Gasteiger partial charge in [0.2, 0.25) is 5.82 Å². The van der Waals surface area contributed by atoms with Crippen molar-refractivity contribution in [2.45, 2.75) is 19.1 Å². The van der Waals surface area contributed by atoms with Crippen LogP contribution in [0.1, 0.15) is 5.82 Å². The van der Waals surface area contributed by atoms with Crippen molar-refractivity contribution in [2.75, 3.05) is 26.3 Å². The van der Waals surface area contributed by atoms with Gasteiger partial charge in [-0.1, -0.05) is 0 Å². The molecule has 0 saturated carbocycles. The van der Waals surface area contributed by atoms with Crippen molar-refractivity contribution in [3.05, 3.63) is 24.2 Å². The highest BCUT2D eigenvalue weighted by molar-refractivity contribution is 5.45. The van der Waals surface area contributed by atoms with Crippen molar-refractivity contribution >= 4 is 0 Å². The van der Waals surface area contributed by atoms with Gasteiger partial charge in [0.05, 0.1) is 32.1 Å². The average molecular weight is 278 g/mol. The van der Waals surface area contributed by atoms with E-state index in [-0.39, 0.29) is 12.7 Å². The van der Waals surface area contributed by atoms with Crippen LogP contribution in [0.25, 0.3) is 11.6 Å². The fourth-order valence-electron chi connectivity index (χ4n) is 2.26. The summed E-state index contributed by atoms with van der Waals surface area (Å²) in [7, 11) is 0. The van der Waals surface area contributed by atoms with Gasteiger partial charge in [-0.3, -0.25) is 0 Å². The Kier molecular flexibility index (Phi) is 4.10. The fourth-order valence-corrected chi connectivity index (χ4v) is 2.26. The van der Waals surface area contributed by atoms with Gasteiger partial charge in [0.15, 0.2) is 5.76 Å². The second kappa shape index (κ2) is 6.17. The standard InChI is InChI=1S/C13H18N4O3/c18-5-4-17-12(8-10-9-14-3-7-19-10)15-13(16-17)11-2-1-6-20-11/h1-2,6,10,14,18H,3-5,7-9H2/t10-/m1/s1. The molecule has 3 rings (SSSR count). The molecule has 2 N–H and O–H groups in total. The molecule has 7 heteroatoms. The quantitative estimate of drug-likeness (QED) is 0.804. The third-order valence-corrected chi connectivity index (χ3v) is 3.22. The van der Waals surface area contributed by atoms with E-state index in [9.17, 15) is 0 Å². The van der Waals surface area contributed by atoms with Gasteiger partial charge in [-0.25, -0.2) is 9.67 Å². The van der Waals surface area contributed by atoms with E-state index < -0.39 is 0 Å². The third kappa shape index (κ3) is 2.90. The molecule has 0 spiro atoms. The second-order valence-electron chi connectivity index (χ2n) is 4.68. The summed E-state index contributed by atoms with van der Waals surface area (Å²) < 4.78 is 12.7. The lowest BCUT2D eigenvalue weighted by molar-refractivity contribution is 0.0272. The minimum absolute atomic E-state index is 0.0255. The Balaban J connectivity index is 1.80. The van der Waals surface area contributed by atoms with Crippen molar-refractivity contribution in [2.24, 2.45) is 0 Å². The zero-order valence-corrected chi connectivity index (χ0v) is 11.2. The molecule has 108 valence electrons. The molecule has 2 aromatic heterocycles. The maximum absolute atomic E-state index is 9.13. The Labute approximate surface area is 116 Å². The molecule has 3 heterocycles. The van der Waals surface area contributed by atoms with E-state index in [1.165, 1.54) is 0 Å². The Morgan fingerprint density at radius 3 is 3.15 bits per heavy atom. The van der Waals surface area contributed by atoms with Crippen molar-refractivity contribution in [3.8, 4) is 11.6 Å². The number of morpholine rings is 1. The van der Waals surface area contributed by atoms with Crippen LogP contribution in [0.5, 0.6) is 0 Å². The van der Waals surface area contributed by atoms with Crippen LogP contribution in [-0.2, 0) is 17.7 Å². The average Bonchev–Trinajstić information content (AvgIpc) is 3.11. The molecule has 0 unspecified atom stereocenters. The van der Waals surface area contributed by atoms with E-state index in [0.29, 0.717) is 31.2 Å². The normalized spacial score (nSPS) is 19.4. The first-order valence-electron chi connectivity index (χ1n) is 6.77. The van der Waals surface area contributed by atoms with Crippen LogP contribution in [0, 0.1) is 0 Å². The zero-order chi connectivity index (χ0) is 13.8. The summed E-state index contributed by atoms with van der Waals surface area (Å²) in [5, 5.41) is 16.8. The molecule has 1 saturated heterocycles. The number of aromatic nitrogens is 3. The van der Waals surface area contributed by atoms with Crippen molar-refractivity contribution in [3.63, 3.8) is 0 Å². The van der Waals surface area contributed by atoms with Crippen LogP contribution in [0.4, 0.5) is 0 Å². The van der Waals surface area contributed by atoms with Crippen molar-refractivity contribution < 1.29 is 14.3 Å². The second-order valence-corrected chi connectivity index (χ2v) is 4.68. The highest BCUT2D eigenvalue weighted by Crippen LogP contribution is 2.17. The van der Waals surface area contributed by atoms with Gasteiger partial charge < -0.3 is 19.6 Å². The SMILES string of the molecule is OCCn1nc(-c2ccco2)nc1C[C@@H]1CNCCO1. The maximum Gasteiger partial charge on any atom is 0.217 e. The van der Waals surface area contributed by atoms with Crippen LogP contribution >= 0.6 is 0 Å². The predicted molar refractivity (Wildman–Crippen MR) is 71.1 cm³/mol. The van der Waals surface area contributed by atoms with Gasteiger partial charge in [-0.15, -0.1) is 5.10 Å². The van der Waals surface area contributed by atoms with E-state index in [0.717, 1.165) is 18.9 Å². The van der Waals surface area contributed by atoms with Crippen LogP contribution in [0.15, 0.2) is 22.8 Å². The van der Waals surface area contributed by atoms with E-state index in [2.05, 4.69) is 15.4 Å². The molecule has 2 aromatic rings. The lowest BCUT2D eigenvalue weighted by atomic mass is 10.2. The molecular weight excluding hydrogens is 260 g/mol. The van der Waals surface area contributed by atoms with Gasteiger partial charge in [-0.05, 0) is 12.1 Å². The van der Waals surface area contributed by atoms with Crippen molar-refractivity contribution in [1.29, 1.82) is 0 Å². The topological polar surface area (TPSA) is 85.3 Å². The lowest BCUT2D eigenvalue weighted by Gasteiger charge is -2.23. The zero-order valence-electron chi connectivity index (χ0n) is 11.2. The molecule has 1 aliphatic heterocycles. The number of aliphatic hydroxyl groups excluding tert-OH is 1. The van der Waals surface area contributed by atoms with Crippen LogP contribution in [0.2, 0.25) is 0 Å². The van der Waals surface area contributed by atoms with Crippen LogP contribution in [-0.4, -0.2) is 52.3 Å². The first kappa shape index (κ1) is 13.3. The van der Waals surface area contributed by atoms with Gasteiger partial charge in [-0.2, -0.15) is 0 Å². The number of hydrogen-bond donors (Lipinski definition) is 2. The predicted octanol–water partition coefficient (Wildman–Crippen LogP) is 0.0613.